The molecule has 0 radical (unpaired) electrons. The summed E-state index contributed by atoms with van der Waals surface area (Å²) in [6.45, 7) is 6.55. The Bertz CT molecular complexity index is 2870. The fourth-order valence-corrected chi connectivity index (χ4v) is 7.36. The van der Waals surface area contributed by atoms with Crippen LogP contribution in [0.3, 0.4) is 0 Å². The van der Waals surface area contributed by atoms with Crippen LogP contribution in [0.25, 0.3) is 77.2 Å². The van der Waals surface area contributed by atoms with Gasteiger partial charge in [0, 0.05) is 22.7 Å². The molecule has 0 bridgehead atoms. The molecule has 54 heavy (non-hydrogen) atoms. The van der Waals surface area contributed by atoms with Gasteiger partial charge in [0.25, 0.3) is 0 Å². The van der Waals surface area contributed by atoms with E-state index in [1.165, 1.54) is 38.2 Å². The first-order valence-electron chi connectivity index (χ1n) is 18.2. The number of benzene rings is 8. The minimum absolute atomic E-state index is 0.518. The number of aliphatic imine (C=N–C) groups is 2. The zero-order valence-electron chi connectivity index (χ0n) is 29.9. The zero-order chi connectivity index (χ0) is 36.4. The van der Waals surface area contributed by atoms with Gasteiger partial charge >= 0.3 is 0 Å². The number of rotatable bonds is 7. The summed E-state index contributed by atoms with van der Waals surface area (Å²) in [5.41, 5.74) is 11.9. The molecule has 4 heteroatoms. The molecule has 8 aromatic carbocycles. The van der Waals surface area contributed by atoms with E-state index in [2.05, 4.69) is 169 Å². The number of fused-ring (bicyclic) bond motifs is 4. The molecule has 0 spiro atoms. The third-order valence-electron chi connectivity index (χ3n) is 10.1. The summed E-state index contributed by atoms with van der Waals surface area (Å²) in [5, 5.41) is 6.04. The van der Waals surface area contributed by atoms with Gasteiger partial charge in [-0.2, -0.15) is 0 Å². The molecule has 0 saturated heterocycles. The Balaban J connectivity index is 1.11. The molecule has 9 aromatic rings. The summed E-state index contributed by atoms with van der Waals surface area (Å²) in [7, 11) is 0. The van der Waals surface area contributed by atoms with Crippen molar-refractivity contribution in [3.8, 4) is 44.8 Å². The third kappa shape index (κ3) is 6.46. The molecule has 1 heterocycles. The molecule has 256 valence electrons. The van der Waals surface area contributed by atoms with Crippen molar-refractivity contribution in [3.05, 3.63) is 193 Å². The Morgan fingerprint density at radius 1 is 0.537 bits per heavy atom. The van der Waals surface area contributed by atoms with Gasteiger partial charge in [0.05, 0.1) is 12.1 Å². The largest absolute Gasteiger partial charge is 0.261 e. The summed E-state index contributed by atoms with van der Waals surface area (Å²) >= 11 is 0. The number of aromatic nitrogens is 2. The highest BCUT2D eigenvalue weighted by atomic mass is 14.9. The second kappa shape index (κ2) is 14.2. The standard InChI is InChI=1S/C50H36N4/c1-33-10-9-11-34(26-33)31-52-49(51-2)43-28-41(27-42(29-43)36-20-24-38(25-21-36)50-53-32-40-13-4-8-17-48(40)54-50)35-18-22-37(23-19-35)47-30-39-12-3-5-14-44(39)45-15-6-7-16-46(45)47/h3-30,32H,2,31H2,1H3. The first kappa shape index (κ1) is 32.8. The summed E-state index contributed by atoms with van der Waals surface area (Å²) < 4.78 is 0. The Morgan fingerprint density at radius 2 is 1.17 bits per heavy atom. The van der Waals surface area contributed by atoms with Crippen LogP contribution in [0.4, 0.5) is 0 Å². The lowest BCUT2D eigenvalue weighted by Crippen LogP contribution is -2.00. The van der Waals surface area contributed by atoms with Crippen LogP contribution in [0.15, 0.2) is 186 Å². The fraction of sp³-hybridized carbons (Fsp3) is 0.0400. The smallest absolute Gasteiger partial charge is 0.159 e. The van der Waals surface area contributed by atoms with Crippen molar-refractivity contribution in [1.29, 1.82) is 0 Å². The number of hydrogen-bond acceptors (Lipinski definition) is 3. The van der Waals surface area contributed by atoms with E-state index in [9.17, 15) is 0 Å². The quantitative estimate of drug-likeness (QED) is 0.0948. The lowest BCUT2D eigenvalue weighted by Gasteiger charge is -2.13. The first-order valence-corrected chi connectivity index (χ1v) is 18.2. The lowest BCUT2D eigenvalue weighted by molar-refractivity contribution is 1.06. The van der Waals surface area contributed by atoms with Crippen LogP contribution < -0.4 is 0 Å². The molecule has 0 aliphatic rings. The zero-order valence-corrected chi connectivity index (χ0v) is 29.9. The van der Waals surface area contributed by atoms with E-state index < -0.39 is 0 Å². The molecule has 0 amide bonds. The van der Waals surface area contributed by atoms with Crippen molar-refractivity contribution >= 4 is 45.0 Å². The van der Waals surface area contributed by atoms with E-state index in [1.807, 2.05) is 30.5 Å². The molecule has 0 fully saturated rings. The molecule has 0 aliphatic carbocycles. The minimum Gasteiger partial charge on any atom is -0.261 e. The average molecular weight is 693 g/mol. The maximum Gasteiger partial charge on any atom is 0.159 e. The SMILES string of the molecule is C=NC(=NCc1cccc(C)c1)c1cc(-c2ccc(-c3ncc4ccccc4n3)cc2)cc(-c2ccc(-c3cc4ccccc4c4ccccc34)cc2)c1. The number of amidine groups is 1. The van der Waals surface area contributed by atoms with Crippen LogP contribution in [0.2, 0.25) is 0 Å². The highest BCUT2D eigenvalue weighted by Crippen LogP contribution is 2.37. The highest BCUT2D eigenvalue weighted by Gasteiger charge is 2.13. The topological polar surface area (TPSA) is 50.5 Å². The number of para-hydroxylation sites is 1. The lowest BCUT2D eigenvalue weighted by atomic mass is 9.91. The number of nitrogens with zero attached hydrogens (tertiary/aromatic N) is 4. The normalized spacial score (nSPS) is 11.7. The van der Waals surface area contributed by atoms with E-state index in [0.29, 0.717) is 18.2 Å². The van der Waals surface area contributed by atoms with Gasteiger partial charge in [-0.3, -0.25) is 4.99 Å². The molecule has 1 aromatic heterocycles. The first-order chi connectivity index (χ1) is 26.6. The van der Waals surface area contributed by atoms with E-state index in [-0.39, 0.29) is 0 Å². The van der Waals surface area contributed by atoms with E-state index in [0.717, 1.165) is 49.8 Å². The van der Waals surface area contributed by atoms with Crippen LogP contribution >= 0.6 is 0 Å². The van der Waals surface area contributed by atoms with Crippen LogP contribution in [0, 0.1) is 6.92 Å². The molecule has 0 atom stereocenters. The van der Waals surface area contributed by atoms with Crippen molar-refractivity contribution in [2.24, 2.45) is 9.98 Å². The molecular formula is C50H36N4. The van der Waals surface area contributed by atoms with Gasteiger partial charge in [-0.15, -0.1) is 0 Å². The van der Waals surface area contributed by atoms with Crippen LogP contribution in [-0.4, -0.2) is 22.5 Å². The predicted octanol–water partition coefficient (Wildman–Crippen LogP) is 12.6. The maximum atomic E-state index is 4.95. The van der Waals surface area contributed by atoms with Gasteiger partial charge in [0.15, 0.2) is 11.7 Å². The second-order valence-corrected chi connectivity index (χ2v) is 13.7. The van der Waals surface area contributed by atoms with Crippen LogP contribution in [0.5, 0.6) is 0 Å². The van der Waals surface area contributed by atoms with Gasteiger partial charge in [-0.05, 0) is 104 Å². The molecule has 4 nitrogen and oxygen atoms in total. The van der Waals surface area contributed by atoms with Gasteiger partial charge in [0.2, 0.25) is 0 Å². The molecule has 9 rings (SSSR count). The summed E-state index contributed by atoms with van der Waals surface area (Å²) in [6.07, 6.45) is 1.88. The molecule has 0 saturated carbocycles. The van der Waals surface area contributed by atoms with Crippen molar-refractivity contribution in [3.63, 3.8) is 0 Å². The number of hydrogen-bond donors (Lipinski definition) is 0. The average Bonchev–Trinajstić information content (AvgIpc) is 3.23. The molecule has 0 unspecified atom stereocenters. The predicted molar refractivity (Wildman–Crippen MR) is 227 cm³/mol. The van der Waals surface area contributed by atoms with Gasteiger partial charge in [-0.1, -0.05) is 145 Å². The fourth-order valence-electron chi connectivity index (χ4n) is 7.36. The van der Waals surface area contributed by atoms with Crippen LogP contribution in [0.1, 0.15) is 16.7 Å². The van der Waals surface area contributed by atoms with Gasteiger partial charge < -0.3 is 0 Å². The van der Waals surface area contributed by atoms with Crippen molar-refractivity contribution < 1.29 is 0 Å². The Hall–Kier alpha value is -7.04. The third-order valence-corrected chi connectivity index (χ3v) is 10.1. The van der Waals surface area contributed by atoms with Gasteiger partial charge in [-0.25, -0.2) is 15.0 Å². The van der Waals surface area contributed by atoms with E-state index >= 15 is 0 Å². The summed E-state index contributed by atoms with van der Waals surface area (Å²) in [6, 6.07) is 60.0. The highest BCUT2D eigenvalue weighted by molar-refractivity contribution is 6.13. The molecule has 0 aliphatic heterocycles. The number of aryl methyl sites for hydroxylation is 1. The monoisotopic (exact) mass is 692 g/mol. The van der Waals surface area contributed by atoms with E-state index in [1.54, 1.807) is 0 Å². The molecule has 0 N–H and O–H groups in total. The van der Waals surface area contributed by atoms with Crippen LogP contribution in [-0.2, 0) is 6.54 Å². The summed E-state index contributed by atoms with van der Waals surface area (Å²) in [5.74, 6) is 1.32. The second-order valence-electron chi connectivity index (χ2n) is 13.7. The van der Waals surface area contributed by atoms with Crippen molar-refractivity contribution in [2.75, 3.05) is 0 Å². The van der Waals surface area contributed by atoms with Crippen molar-refractivity contribution in [1.82, 2.24) is 9.97 Å². The van der Waals surface area contributed by atoms with Gasteiger partial charge in [0.1, 0.15) is 0 Å². The minimum atomic E-state index is 0.518. The summed E-state index contributed by atoms with van der Waals surface area (Å²) in [4.78, 5) is 18.8. The Morgan fingerprint density at radius 3 is 1.89 bits per heavy atom. The molecular weight excluding hydrogens is 657 g/mol. The Labute approximate surface area is 314 Å². The van der Waals surface area contributed by atoms with Crippen molar-refractivity contribution in [2.45, 2.75) is 13.5 Å². The Kier molecular flexibility index (Phi) is 8.62. The van der Waals surface area contributed by atoms with E-state index in [4.69, 9.17) is 9.98 Å². The maximum absolute atomic E-state index is 4.95.